The summed E-state index contributed by atoms with van der Waals surface area (Å²) in [5.74, 6) is 0.174. The molecule has 1 amide bonds. The van der Waals surface area contributed by atoms with Crippen molar-refractivity contribution in [2.45, 2.75) is 25.8 Å². The van der Waals surface area contributed by atoms with Gasteiger partial charge in [0, 0.05) is 25.2 Å². The number of benzene rings is 2. The number of anilines is 1. The van der Waals surface area contributed by atoms with Crippen LogP contribution in [0.3, 0.4) is 0 Å². The van der Waals surface area contributed by atoms with Crippen LogP contribution in [-0.4, -0.2) is 30.9 Å². The van der Waals surface area contributed by atoms with E-state index < -0.39 is 0 Å². The van der Waals surface area contributed by atoms with E-state index in [4.69, 9.17) is 0 Å². The molecule has 0 saturated heterocycles. The van der Waals surface area contributed by atoms with E-state index in [0.29, 0.717) is 13.0 Å². The van der Waals surface area contributed by atoms with E-state index in [-0.39, 0.29) is 24.4 Å². The van der Waals surface area contributed by atoms with Crippen molar-refractivity contribution in [3.8, 4) is 0 Å². The van der Waals surface area contributed by atoms with Gasteiger partial charge < -0.3 is 4.90 Å². The van der Waals surface area contributed by atoms with Gasteiger partial charge in [-0.3, -0.25) is 9.69 Å². The van der Waals surface area contributed by atoms with Crippen LogP contribution in [0.2, 0.25) is 0 Å². The lowest BCUT2D eigenvalue weighted by Gasteiger charge is -2.38. The minimum Gasteiger partial charge on any atom is -0.311 e. The molecule has 24 heavy (non-hydrogen) atoms. The van der Waals surface area contributed by atoms with Crippen molar-refractivity contribution in [2.75, 3.05) is 25.0 Å². The highest BCUT2D eigenvalue weighted by molar-refractivity contribution is 5.93. The summed E-state index contributed by atoms with van der Waals surface area (Å²) in [5.41, 5.74) is 3.74. The van der Waals surface area contributed by atoms with E-state index >= 15 is 0 Å². The van der Waals surface area contributed by atoms with Gasteiger partial charge in [-0.2, -0.15) is 0 Å². The molecule has 0 fully saturated rings. The first-order valence-electron chi connectivity index (χ1n) is 8.34. The number of amides is 1. The Morgan fingerprint density at radius 1 is 1.12 bits per heavy atom. The first-order chi connectivity index (χ1) is 11.2. The molecule has 1 aliphatic heterocycles. The average Bonchev–Trinajstić information content (AvgIpc) is 2.61. The molecule has 128 valence electrons. The molecule has 0 aliphatic carbocycles. The molecule has 0 N–H and O–H groups in total. The maximum atomic E-state index is 12.5. The summed E-state index contributed by atoms with van der Waals surface area (Å²) in [4.78, 5) is 16.8. The molecule has 1 unspecified atom stereocenters. The second kappa shape index (κ2) is 8.32. The zero-order valence-corrected chi connectivity index (χ0v) is 15.1. The van der Waals surface area contributed by atoms with Crippen LogP contribution in [0.25, 0.3) is 0 Å². The Balaban J connectivity index is 0.00000208. The normalized spacial score (nSPS) is 16.8. The monoisotopic (exact) mass is 344 g/mol. The fourth-order valence-electron chi connectivity index (χ4n) is 3.34. The second-order valence-corrected chi connectivity index (χ2v) is 6.14. The van der Waals surface area contributed by atoms with E-state index in [1.165, 1.54) is 11.1 Å². The van der Waals surface area contributed by atoms with Crippen molar-refractivity contribution in [3.05, 3.63) is 65.7 Å². The molecule has 1 heterocycles. The van der Waals surface area contributed by atoms with E-state index in [1.807, 2.05) is 42.2 Å². The highest BCUT2D eigenvalue weighted by Crippen LogP contribution is 2.30. The number of hydrogen-bond donors (Lipinski definition) is 0. The Bertz CT molecular complexity index is 674. The van der Waals surface area contributed by atoms with Gasteiger partial charge >= 0.3 is 0 Å². The van der Waals surface area contributed by atoms with Crippen LogP contribution in [0.15, 0.2) is 54.6 Å². The summed E-state index contributed by atoms with van der Waals surface area (Å²) in [6.07, 6.45) is 1.60. The summed E-state index contributed by atoms with van der Waals surface area (Å²) in [7, 11) is 2.15. The number of carbonyl (C=O) groups excluding carboxylic acids is 1. The average molecular weight is 345 g/mol. The van der Waals surface area contributed by atoms with E-state index in [0.717, 1.165) is 18.7 Å². The number of nitrogens with zero attached hydrogens (tertiary/aromatic N) is 2. The Morgan fingerprint density at radius 2 is 1.79 bits per heavy atom. The summed E-state index contributed by atoms with van der Waals surface area (Å²) in [6, 6.07) is 18.9. The van der Waals surface area contributed by atoms with Crippen LogP contribution in [0.5, 0.6) is 0 Å². The third-order valence-electron chi connectivity index (χ3n) is 4.71. The standard InChI is InChI=1S/C20H24N2O.ClH/c1-3-20(23)22(17-10-5-4-6-11-17)15-19-18-12-8-7-9-16(18)13-14-21(19)2;/h4-12,19H,3,13-15H2,1-2H3;1H. The number of fused-ring (bicyclic) bond motifs is 1. The summed E-state index contributed by atoms with van der Waals surface area (Å²) < 4.78 is 0. The van der Waals surface area contributed by atoms with Crippen LogP contribution in [0, 0.1) is 0 Å². The SMILES string of the molecule is CCC(=O)N(CC1c2ccccc2CCN1C)c1ccccc1.Cl. The summed E-state index contributed by atoms with van der Waals surface area (Å²) in [6.45, 7) is 3.66. The van der Waals surface area contributed by atoms with Gasteiger partial charge in [0.1, 0.15) is 0 Å². The number of halogens is 1. The van der Waals surface area contributed by atoms with Crippen LogP contribution in [0.4, 0.5) is 5.69 Å². The van der Waals surface area contributed by atoms with Crippen LogP contribution in [0.1, 0.15) is 30.5 Å². The Morgan fingerprint density at radius 3 is 2.50 bits per heavy atom. The van der Waals surface area contributed by atoms with Crippen molar-refractivity contribution in [1.29, 1.82) is 0 Å². The molecule has 0 aromatic heterocycles. The molecule has 3 nitrogen and oxygen atoms in total. The van der Waals surface area contributed by atoms with Gasteiger partial charge in [-0.05, 0) is 36.7 Å². The zero-order valence-electron chi connectivity index (χ0n) is 14.3. The Kier molecular flexibility index (Phi) is 6.41. The van der Waals surface area contributed by atoms with Gasteiger partial charge in [0.2, 0.25) is 5.91 Å². The zero-order chi connectivity index (χ0) is 16.2. The second-order valence-electron chi connectivity index (χ2n) is 6.14. The van der Waals surface area contributed by atoms with Gasteiger partial charge in [-0.25, -0.2) is 0 Å². The van der Waals surface area contributed by atoms with Crippen molar-refractivity contribution in [2.24, 2.45) is 0 Å². The van der Waals surface area contributed by atoms with Crippen LogP contribution < -0.4 is 4.90 Å². The molecular weight excluding hydrogens is 320 g/mol. The lowest BCUT2D eigenvalue weighted by Crippen LogP contribution is -2.42. The predicted molar refractivity (Wildman–Crippen MR) is 102 cm³/mol. The summed E-state index contributed by atoms with van der Waals surface area (Å²) in [5, 5.41) is 0. The topological polar surface area (TPSA) is 23.6 Å². The van der Waals surface area contributed by atoms with Crippen molar-refractivity contribution < 1.29 is 4.79 Å². The maximum absolute atomic E-state index is 12.5. The summed E-state index contributed by atoms with van der Waals surface area (Å²) >= 11 is 0. The van der Waals surface area contributed by atoms with Crippen molar-refractivity contribution in [1.82, 2.24) is 4.90 Å². The van der Waals surface area contributed by atoms with Gasteiger partial charge in [0.05, 0.1) is 6.04 Å². The minimum absolute atomic E-state index is 0. The molecule has 0 radical (unpaired) electrons. The molecular formula is C20H25ClN2O. The molecule has 0 bridgehead atoms. The smallest absolute Gasteiger partial charge is 0.226 e. The largest absolute Gasteiger partial charge is 0.311 e. The van der Waals surface area contributed by atoms with Crippen molar-refractivity contribution in [3.63, 3.8) is 0 Å². The maximum Gasteiger partial charge on any atom is 0.226 e. The molecule has 0 spiro atoms. The predicted octanol–water partition coefficient (Wildman–Crippen LogP) is 4.08. The first-order valence-corrected chi connectivity index (χ1v) is 8.34. The highest BCUT2D eigenvalue weighted by Gasteiger charge is 2.28. The Hall–Kier alpha value is -1.84. The Labute approximate surface area is 150 Å². The minimum atomic E-state index is 0. The molecule has 4 heteroatoms. The number of carbonyl (C=O) groups is 1. The number of hydrogen-bond acceptors (Lipinski definition) is 2. The van der Waals surface area contributed by atoms with E-state index in [2.05, 4.69) is 36.2 Å². The lowest BCUT2D eigenvalue weighted by molar-refractivity contribution is -0.118. The van der Waals surface area contributed by atoms with Gasteiger partial charge in [-0.15, -0.1) is 12.4 Å². The highest BCUT2D eigenvalue weighted by atomic mass is 35.5. The number of para-hydroxylation sites is 1. The lowest BCUT2D eigenvalue weighted by atomic mass is 9.92. The molecule has 0 saturated carbocycles. The fraction of sp³-hybridized carbons (Fsp3) is 0.350. The van der Waals surface area contributed by atoms with E-state index in [1.54, 1.807) is 0 Å². The van der Waals surface area contributed by atoms with Crippen LogP contribution >= 0.6 is 12.4 Å². The van der Waals surface area contributed by atoms with Crippen molar-refractivity contribution >= 4 is 24.0 Å². The van der Waals surface area contributed by atoms with Gasteiger partial charge in [0.25, 0.3) is 0 Å². The van der Waals surface area contributed by atoms with E-state index in [9.17, 15) is 4.79 Å². The number of rotatable bonds is 4. The first kappa shape index (κ1) is 18.5. The third kappa shape index (κ3) is 3.80. The third-order valence-corrected chi connectivity index (χ3v) is 4.71. The molecule has 1 atom stereocenters. The van der Waals surface area contributed by atoms with Gasteiger partial charge in [-0.1, -0.05) is 49.4 Å². The number of likely N-dealkylation sites (N-methyl/N-ethyl adjacent to an activating group) is 1. The van der Waals surface area contributed by atoms with Crippen LogP contribution in [-0.2, 0) is 11.2 Å². The fourth-order valence-corrected chi connectivity index (χ4v) is 3.34. The molecule has 3 rings (SSSR count). The quantitative estimate of drug-likeness (QED) is 0.834. The molecule has 2 aromatic carbocycles. The molecule has 1 aliphatic rings. The van der Waals surface area contributed by atoms with Gasteiger partial charge in [0.15, 0.2) is 0 Å². The molecule has 2 aromatic rings.